The normalized spacial score (nSPS) is 12.5. The lowest BCUT2D eigenvalue weighted by Crippen LogP contribution is -2.28. The summed E-state index contributed by atoms with van der Waals surface area (Å²) in [6.45, 7) is 4.21. The van der Waals surface area contributed by atoms with E-state index in [9.17, 15) is 0 Å². The van der Waals surface area contributed by atoms with Crippen LogP contribution in [0.4, 0.5) is 5.69 Å². The van der Waals surface area contributed by atoms with E-state index in [1.165, 1.54) is 5.56 Å². The fraction of sp³-hybridized carbons (Fsp3) is 0.455. The SMILES string of the molecule is CCCC(N)Nc1ccc(C)cc1. The van der Waals surface area contributed by atoms with Gasteiger partial charge in [-0.15, -0.1) is 0 Å². The van der Waals surface area contributed by atoms with Gasteiger partial charge in [0.25, 0.3) is 0 Å². The van der Waals surface area contributed by atoms with Crippen LogP contribution in [-0.2, 0) is 0 Å². The average Bonchev–Trinajstić information content (AvgIpc) is 2.09. The molecule has 1 aromatic carbocycles. The van der Waals surface area contributed by atoms with Crippen LogP contribution in [0.2, 0.25) is 0 Å². The summed E-state index contributed by atoms with van der Waals surface area (Å²) in [4.78, 5) is 0. The van der Waals surface area contributed by atoms with Gasteiger partial charge in [0.2, 0.25) is 0 Å². The molecule has 72 valence electrons. The minimum absolute atomic E-state index is 0.0766. The van der Waals surface area contributed by atoms with E-state index < -0.39 is 0 Å². The Labute approximate surface area is 80.1 Å². The molecule has 0 aliphatic rings. The fourth-order valence-electron chi connectivity index (χ4n) is 1.25. The van der Waals surface area contributed by atoms with Gasteiger partial charge in [-0.1, -0.05) is 31.0 Å². The predicted octanol–water partition coefficient (Wildman–Crippen LogP) is 2.49. The maximum atomic E-state index is 5.84. The van der Waals surface area contributed by atoms with Crippen molar-refractivity contribution in [1.82, 2.24) is 0 Å². The second-order valence-electron chi connectivity index (χ2n) is 3.41. The summed E-state index contributed by atoms with van der Waals surface area (Å²) in [5, 5.41) is 3.25. The standard InChI is InChI=1S/C11H18N2/c1-3-4-11(12)13-10-7-5-9(2)6-8-10/h5-8,11,13H,3-4,12H2,1-2H3. The first-order chi connectivity index (χ1) is 6.22. The first kappa shape index (κ1) is 10.1. The van der Waals surface area contributed by atoms with Gasteiger partial charge >= 0.3 is 0 Å². The van der Waals surface area contributed by atoms with E-state index in [4.69, 9.17) is 5.73 Å². The minimum atomic E-state index is 0.0766. The van der Waals surface area contributed by atoms with E-state index >= 15 is 0 Å². The van der Waals surface area contributed by atoms with Crippen molar-refractivity contribution < 1.29 is 0 Å². The number of benzene rings is 1. The fourth-order valence-corrected chi connectivity index (χ4v) is 1.25. The predicted molar refractivity (Wildman–Crippen MR) is 57.7 cm³/mol. The molecule has 0 spiro atoms. The zero-order chi connectivity index (χ0) is 9.68. The lowest BCUT2D eigenvalue weighted by atomic mass is 10.2. The van der Waals surface area contributed by atoms with Gasteiger partial charge in [0, 0.05) is 5.69 Å². The molecule has 13 heavy (non-hydrogen) atoms. The summed E-state index contributed by atoms with van der Waals surface area (Å²) in [5.41, 5.74) is 8.22. The molecule has 0 saturated carbocycles. The highest BCUT2D eigenvalue weighted by atomic mass is 15.0. The Morgan fingerprint density at radius 3 is 2.46 bits per heavy atom. The Balaban J connectivity index is 2.49. The highest BCUT2D eigenvalue weighted by molar-refractivity contribution is 5.44. The quantitative estimate of drug-likeness (QED) is 0.695. The van der Waals surface area contributed by atoms with Crippen molar-refractivity contribution in [1.29, 1.82) is 0 Å². The summed E-state index contributed by atoms with van der Waals surface area (Å²) < 4.78 is 0. The number of rotatable bonds is 4. The zero-order valence-corrected chi connectivity index (χ0v) is 8.38. The van der Waals surface area contributed by atoms with Gasteiger partial charge in [-0.3, -0.25) is 0 Å². The van der Waals surface area contributed by atoms with E-state index in [0.717, 1.165) is 18.5 Å². The molecule has 1 aromatic rings. The number of hydrogen-bond acceptors (Lipinski definition) is 2. The van der Waals surface area contributed by atoms with Crippen molar-refractivity contribution in [3.63, 3.8) is 0 Å². The smallest absolute Gasteiger partial charge is 0.0742 e. The monoisotopic (exact) mass is 178 g/mol. The van der Waals surface area contributed by atoms with Crippen molar-refractivity contribution >= 4 is 5.69 Å². The molecule has 0 radical (unpaired) electrons. The Kier molecular flexibility index (Phi) is 3.77. The van der Waals surface area contributed by atoms with Gasteiger partial charge in [-0.05, 0) is 25.5 Å². The van der Waals surface area contributed by atoms with E-state index in [2.05, 4.69) is 43.4 Å². The van der Waals surface area contributed by atoms with Crippen LogP contribution in [0.25, 0.3) is 0 Å². The summed E-state index contributed by atoms with van der Waals surface area (Å²) in [5.74, 6) is 0. The summed E-state index contributed by atoms with van der Waals surface area (Å²) in [6.07, 6.45) is 2.20. The average molecular weight is 178 g/mol. The van der Waals surface area contributed by atoms with Crippen LogP contribution in [-0.4, -0.2) is 6.17 Å². The minimum Gasteiger partial charge on any atom is -0.370 e. The van der Waals surface area contributed by atoms with Crippen molar-refractivity contribution in [2.24, 2.45) is 5.73 Å². The molecular weight excluding hydrogens is 160 g/mol. The van der Waals surface area contributed by atoms with Gasteiger partial charge in [0.05, 0.1) is 6.17 Å². The van der Waals surface area contributed by atoms with E-state index in [-0.39, 0.29) is 6.17 Å². The zero-order valence-electron chi connectivity index (χ0n) is 8.38. The highest BCUT2D eigenvalue weighted by Gasteiger charge is 1.99. The largest absolute Gasteiger partial charge is 0.370 e. The maximum Gasteiger partial charge on any atom is 0.0742 e. The van der Waals surface area contributed by atoms with Crippen LogP contribution in [0.1, 0.15) is 25.3 Å². The topological polar surface area (TPSA) is 38.0 Å². The first-order valence-electron chi connectivity index (χ1n) is 4.81. The molecule has 3 N–H and O–H groups in total. The molecule has 0 fully saturated rings. The summed E-state index contributed by atoms with van der Waals surface area (Å²) >= 11 is 0. The Bertz CT molecular complexity index is 241. The molecule has 2 nitrogen and oxygen atoms in total. The van der Waals surface area contributed by atoms with E-state index in [1.54, 1.807) is 0 Å². The molecule has 0 aliphatic carbocycles. The van der Waals surface area contributed by atoms with E-state index in [1.807, 2.05) is 0 Å². The van der Waals surface area contributed by atoms with Crippen LogP contribution in [0, 0.1) is 6.92 Å². The van der Waals surface area contributed by atoms with Crippen LogP contribution in [0.5, 0.6) is 0 Å². The number of nitrogens with one attached hydrogen (secondary N) is 1. The third kappa shape index (κ3) is 3.47. The molecule has 1 unspecified atom stereocenters. The molecule has 1 rings (SSSR count). The maximum absolute atomic E-state index is 5.84. The van der Waals surface area contributed by atoms with Crippen molar-refractivity contribution in [2.75, 3.05) is 5.32 Å². The molecule has 1 atom stereocenters. The third-order valence-electron chi connectivity index (χ3n) is 2.00. The number of aryl methyl sites for hydroxylation is 1. The van der Waals surface area contributed by atoms with Crippen LogP contribution in [0.3, 0.4) is 0 Å². The second kappa shape index (κ2) is 4.87. The second-order valence-corrected chi connectivity index (χ2v) is 3.41. The van der Waals surface area contributed by atoms with Crippen molar-refractivity contribution in [3.8, 4) is 0 Å². The summed E-state index contributed by atoms with van der Waals surface area (Å²) in [7, 11) is 0. The van der Waals surface area contributed by atoms with E-state index in [0.29, 0.717) is 0 Å². The van der Waals surface area contributed by atoms with Gasteiger partial charge in [-0.2, -0.15) is 0 Å². The number of hydrogen-bond donors (Lipinski definition) is 2. The van der Waals surface area contributed by atoms with Gasteiger partial charge in [-0.25, -0.2) is 0 Å². The molecule has 0 aliphatic heterocycles. The van der Waals surface area contributed by atoms with Crippen molar-refractivity contribution in [2.45, 2.75) is 32.9 Å². The molecule has 0 amide bonds. The van der Waals surface area contributed by atoms with Crippen LogP contribution in [0.15, 0.2) is 24.3 Å². The lowest BCUT2D eigenvalue weighted by Gasteiger charge is -2.14. The molecule has 0 bridgehead atoms. The lowest BCUT2D eigenvalue weighted by molar-refractivity contribution is 0.665. The van der Waals surface area contributed by atoms with Crippen molar-refractivity contribution in [3.05, 3.63) is 29.8 Å². The molecule has 0 aromatic heterocycles. The van der Waals surface area contributed by atoms with Gasteiger partial charge < -0.3 is 11.1 Å². The third-order valence-corrected chi connectivity index (χ3v) is 2.00. The Morgan fingerprint density at radius 2 is 1.92 bits per heavy atom. The Hall–Kier alpha value is -1.02. The van der Waals surface area contributed by atoms with Gasteiger partial charge in [0.15, 0.2) is 0 Å². The summed E-state index contributed by atoms with van der Waals surface area (Å²) in [6, 6.07) is 8.29. The Morgan fingerprint density at radius 1 is 1.31 bits per heavy atom. The number of anilines is 1. The van der Waals surface area contributed by atoms with Crippen LogP contribution < -0.4 is 11.1 Å². The highest BCUT2D eigenvalue weighted by Crippen LogP contribution is 2.09. The first-order valence-corrected chi connectivity index (χ1v) is 4.81. The molecule has 0 saturated heterocycles. The molecular formula is C11H18N2. The molecule has 2 heteroatoms. The molecule has 0 heterocycles. The van der Waals surface area contributed by atoms with Gasteiger partial charge in [0.1, 0.15) is 0 Å². The van der Waals surface area contributed by atoms with Crippen LogP contribution >= 0.6 is 0 Å². The number of nitrogens with two attached hydrogens (primary N) is 1.